The molecule has 0 atom stereocenters. The van der Waals surface area contributed by atoms with Crippen LogP contribution in [0.15, 0.2) is 42.6 Å². The van der Waals surface area contributed by atoms with Gasteiger partial charge in [-0.1, -0.05) is 35.9 Å². The van der Waals surface area contributed by atoms with Gasteiger partial charge in [-0.15, -0.1) is 0 Å². The molecule has 0 radical (unpaired) electrons. The number of aryl methyl sites for hydroxylation is 2. The van der Waals surface area contributed by atoms with E-state index in [-0.39, 0.29) is 5.91 Å². The third kappa shape index (κ3) is 3.42. The van der Waals surface area contributed by atoms with E-state index in [1.807, 2.05) is 50.2 Å². The number of nitrogens with one attached hydrogen (secondary N) is 1. The van der Waals surface area contributed by atoms with E-state index < -0.39 is 0 Å². The van der Waals surface area contributed by atoms with Gasteiger partial charge in [-0.2, -0.15) is 0 Å². The molecule has 1 heterocycles. The molecule has 0 bridgehead atoms. The molecule has 18 heavy (non-hydrogen) atoms. The molecule has 3 nitrogen and oxygen atoms in total. The van der Waals surface area contributed by atoms with Crippen LogP contribution in [0.1, 0.15) is 16.7 Å². The first kappa shape index (κ1) is 12.3. The Bertz CT molecular complexity index is 480. The topological polar surface area (TPSA) is 42.0 Å². The predicted octanol–water partition coefficient (Wildman–Crippen LogP) is 2.88. The zero-order valence-electron chi connectivity index (χ0n) is 10.6. The van der Waals surface area contributed by atoms with Crippen molar-refractivity contribution < 1.29 is 4.79 Å². The Morgan fingerprint density at radius 2 is 1.72 bits per heavy atom. The second-order valence-corrected chi connectivity index (χ2v) is 4.43. The molecule has 0 aliphatic carbocycles. The Morgan fingerprint density at radius 1 is 1.06 bits per heavy atom. The number of anilines is 1. The fourth-order valence-electron chi connectivity index (χ4n) is 1.62. The lowest BCUT2D eigenvalue weighted by atomic mass is 10.1. The van der Waals surface area contributed by atoms with Gasteiger partial charge in [-0.3, -0.25) is 4.79 Å². The highest BCUT2D eigenvalue weighted by Crippen LogP contribution is 2.07. The van der Waals surface area contributed by atoms with Crippen LogP contribution in [-0.2, 0) is 11.2 Å². The van der Waals surface area contributed by atoms with Crippen LogP contribution in [0.3, 0.4) is 0 Å². The zero-order valence-corrected chi connectivity index (χ0v) is 10.6. The Labute approximate surface area is 107 Å². The van der Waals surface area contributed by atoms with Crippen molar-refractivity contribution in [2.24, 2.45) is 0 Å². The van der Waals surface area contributed by atoms with Crippen molar-refractivity contribution in [2.75, 3.05) is 5.32 Å². The maximum atomic E-state index is 11.8. The quantitative estimate of drug-likeness (QED) is 0.896. The highest BCUT2D eigenvalue weighted by molar-refractivity contribution is 5.91. The summed E-state index contributed by atoms with van der Waals surface area (Å²) in [5.41, 5.74) is 3.27. The molecule has 2 aromatic rings. The standard InChI is InChI=1S/C15H16N2O/c1-11-3-6-13(7-4-11)9-15(18)17-14-8-5-12(2)10-16-14/h3-8,10H,9H2,1-2H3,(H,16,17,18). The molecule has 0 aliphatic rings. The van der Waals surface area contributed by atoms with Gasteiger partial charge < -0.3 is 5.32 Å². The van der Waals surface area contributed by atoms with Crippen LogP contribution in [-0.4, -0.2) is 10.9 Å². The van der Waals surface area contributed by atoms with Gasteiger partial charge >= 0.3 is 0 Å². The molecule has 1 amide bonds. The number of rotatable bonds is 3. The maximum absolute atomic E-state index is 11.8. The van der Waals surface area contributed by atoms with Crippen LogP contribution in [0.2, 0.25) is 0 Å². The SMILES string of the molecule is Cc1ccc(CC(=O)Nc2ccc(C)cn2)cc1. The fourth-order valence-corrected chi connectivity index (χ4v) is 1.62. The third-order valence-electron chi connectivity index (χ3n) is 2.66. The van der Waals surface area contributed by atoms with Crippen molar-refractivity contribution in [3.63, 3.8) is 0 Å². The molecule has 3 heteroatoms. The number of carbonyl (C=O) groups excluding carboxylic acids is 1. The van der Waals surface area contributed by atoms with Gasteiger partial charge in [0.2, 0.25) is 5.91 Å². The van der Waals surface area contributed by atoms with Crippen molar-refractivity contribution >= 4 is 11.7 Å². The second kappa shape index (κ2) is 5.45. The van der Waals surface area contributed by atoms with E-state index in [0.29, 0.717) is 12.2 Å². The Kier molecular flexibility index (Phi) is 3.72. The van der Waals surface area contributed by atoms with Gasteiger partial charge in [-0.25, -0.2) is 4.98 Å². The summed E-state index contributed by atoms with van der Waals surface area (Å²) in [6.45, 7) is 3.99. The van der Waals surface area contributed by atoms with Gasteiger partial charge in [0.05, 0.1) is 6.42 Å². The second-order valence-electron chi connectivity index (χ2n) is 4.43. The van der Waals surface area contributed by atoms with Crippen LogP contribution in [0.25, 0.3) is 0 Å². The molecule has 0 saturated carbocycles. The normalized spacial score (nSPS) is 10.1. The molecule has 0 saturated heterocycles. The molecule has 1 N–H and O–H groups in total. The Balaban J connectivity index is 1.96. The average molecular weight is 240 g/mol. The molecule has 1 aromatic carbocycles. The van der Waals surface area contributed by atoms with Crippen molar-refractivity contribution in [1.29, 1.82) is 0 Å². The highest BCUT2D eigenvalue weighted by atomic mass is 16.1. The van der Waals surface area contributed by atoms with Crippen molar-refractivity contribution in [3.8, 4) is 0 Å². The van der Waals surface area contributed by atoms with E-state index >= 15 is 0 Å². The van der Waals surface area contributed by atoms with E-state index in [9.17, 15) is 4.79 Å². The molecule has 0 unspecified atom stereocenters. The Morgan fingerprint density at radius 3 is 2.33 bits per heavy atom. The lowest BCUT2D eigenvalue weighted by molar-refractivity contribution is -0.115. The van der Waals surface area contributed by atoms with E-state index in [2.05, 4.69) is 10.3 Å². The number of aromatic nitrogens is 1. The van der Waals surface area contributed by atoms with Gasteiger partial charge in [-0.05, 0) is 31.0 Å². The summed E-state index contributed by atoms with van der Waals surface area (Å²) in [4.78, 5) is 15.9. The van der Waals surface area contributed by atoms with Crippen molar-refractivity contribution in [2.45, 2.75) is 20.3 Å². The van der Waals surface area contributed by atoms with E-state index in [1.54, 1.807) is 6.20 Å². The predicted molar refractivity (Wildman–Crippen MR) is 72.5 cm³/mol. The summed E-state index contributed by atoms with van der Waals surface area (Å²) in [5, 5.41) is 2.78. The van der Waals surface area contributed by atoms with Crippen LogP contribution in [0.5, 0.6) is 0 Å². The molecular weight excluding hydrogens is 224 g/mol. The monoisotopic (exact) mass is 240 g/mol. The minimum Gasteiger partial charge on any atom is -0.310 e. The van der Waals surface area contributed by atoms with Gasteiger partial charge in [0.25, 0.3) is 0 Å². The highest BCUT2D eigenvalue weighted by Gasteiger charge is 2.04. The van der Waals surface area contributed by atoms with Crippen LogP contribution >= 0.6 is 0 Å². The first-order valence-corrected chi connectivity index (χ1v) is 5.91. The molecule has 0 aliphatic heterocycles. The molecule has 0 spiro atoms. The Hall–Kier alpha value is -2.16. The smallest absolute Gasteiger partial charge is 0.229 e. The van der Waals surface area contributed by atoms with Crippen LogP contribution in [0, 0.1) is 13.8 Å². The lowest BCUT2D eigenvalue weighted by Crippen LogP contribution is -2.15. The fraction of sp³-hybridized carbons (Fsp3) is 0.200. The number of hydrogen-bond donors (Lipinski definition) is 1. The van der Waals surface area contributed by atoms with Gasteiger partial charge in [0, 0.05) is 6.20 Å². The maximum Gasteiger partial charge on any atom is 0.229 e. The minimum atomic E-state index is -0.0461. The third-order valence-corrected chi connectivity index (χ3v) is 2.66. The summed E-state index contributed by atoms with van der Waals surface area (Å²) in [7, 11) is 0. The van der Waals surface area contributed by atoms with E-state index in [0.717, 1.165) is 11.1 Å². The molecule has 2 rings (SSSR count). The summed E-state index contributed by atoms with van der Waals surface area (Å²) >= 11 is 0. The summed E-state index contributed by atoms with van der Waals surface area (Å²) in [6.07, 6.45) is 2.11. The van der Waals surface area contributed by atoms with Crippen molar-refractivity contribution in [3.05, 3.63) is 59.3 Å². The largest absolute Gasteiger partial charge is 0.310 e. The average Bonchev–Trinajstić information content (AvgIpc) is 2.35. The lowest BCUT2D eigenvalue weighted by Gasteiger charge is -2.05. The molecule has 0 fully saturated rings. The molecular formula is C15H16N2O. The minimum absolute atomic E-state index is 0.0461. The first-order chi connectivity index (χ1) is 8.63. The number of nitrogens with zero attached hydrogens (tertiary/aromatic N) is 1. The number of hydrogen-bond acceptors (Lipinski definition) is 2. The zero-order chi connectivity index (χ0) is 13.0. The van der Waals surface area contributed by atoms with Gasteiger partial charge in [0.1, 0.15) is 5.82 Å². The summed E-state index contributed by atoms with van der Waals surface area (Å²) in [6, 6.07) is 11.7. The number of benzene rings is 1. The van der Waals surface area contributed by atoms with Gasteiger partial charge in [0.15, 0.2) is 0 Å². The van der Waals surface area contributed by atoms with E-state index in [1.165, 1.54) is 5.56 Å². The summed E-state index contributed by atoms with van der Waals surface area (Å²) < 4.78 is 0. The summed E-state index contributed by atoms with van der Waals surface area (Å²) in [5.74, 6) is 0.549. The van der Waals surface area contributed by atoms with Crippen molar-refractivity contribution in [1.82, 2.24) is 4.98 Å². The van der Waals surface area contributed by atoms with E-state index in [4.69, 9.17) is 0 Å². The molecule has 92 valence electrons. The number of carbonyl (C=O) groups is 1. The number of pyridine rings is 1. The first-order valence-electron chi connectivity index (χ1n) is 5.91. The number of amides is 1. The molecule has 1 aromatic heterocycles. The van der Waals surface area contributed by atoms with Crippen LogP contribution in [0.4, 0.5) is 5.82 Å². The van der Waals surface area contributed by atoms with Crippen LogP contribution < -0.4 is 5.32 Å².